The minimum atomic E-state index is -0.179. The fraction of sp³-hybridized carbons (Fsp3) is 0.192. The molecular formula is C26H27N5O2. The number of benzene rings is 2. The Morgan fingerprint density at radius 3 is 2.55 bits per heavy atom. The Hall–Kier alpha value is -4.13. The van der Waals surface area contributed by atoms with Crippen LogP contribution in [0.5, 0.6) is 5.75 Å². The van der Waals surface area contributed by atoms with E-state index in [4.69, 9.17) is 10.5 Å². The molecule has 168 valence electrons. The van der Waals surface area contributed by atoms with Gasteiger partial charge in [0.15, 0.2) is 0 Å². The maximum atomic E-state index is 12.6. The van der Waals surface area contributed by atoms with Crippen molar-refractivity contribution in [2.45, 2.75) is 33.5 Å². The molecule has 2 aromatic heterocycles. The molecule has 33 heavy (non-hydrogen) atoms. The number of nitrogens with one attached hydrogen (secondary N) is 1. The molecule has 0 aliphatic rings. The molecule has 0 fully saturated rings. The van der Waals surface area contributed by atoms with Crippen LogP contribution in [0.15, 0.2) is 73.1 Å². The van der Waals surface area contributed by atoms with Crippen LogP contribution in [-0.2, 0) is 19.7 Å². The molecule has 2 aromatic carbocycles. The van der Waals surface area contributed by atoms with Crippen molar-refractivity contribution in [1.82, 2.24) is 20.1 Å². The molecule has 4 aromatic rings. The topological polar surface area (TPSA) is 95.1 Å². The highest BCUT2D eigenvalue weighted by Crippen LogP contribution is 2.16. The first-order valence-electron chi connectivity index (χ1n) is 10.8. The normalized spacial score (nSPS) is 10.7. The Morgan fingerprint density at radius 2 is 1.82 bits per heavy atom. The number of nitrogens with two attached hydrogens (primary N) is 1. The number of rotatable bonds is 8. The van der Waals surface area contributed by atoms with Crippen molar-refractivity contribution in [2.24, 2.45) is 0 Å². The summed E-state index contributed by atoms with van der Waals surface area (Å²) >= 11 is 0. The standard InChI is InChI=1S/C26H27N5O2/c1-18-12-25(27)30-19(2)24(18)14-28-26(32)22-13-29-31(16-22)15-20-8-10-23(11-9-20)33-17-21-6-4-3-5-7-21/h3-13,16H,14-15,17H2,1-2H3,(H2,27,30)(H,28,32). The number of pyridine rings is 1. The molecule has 3 N–H and O–H groups in total. The average Bonchev–Trinajstić information content (AvgIpc) is 3.27. The number of hydrogen-bond donors (Lipinski definition) is 2. The van der Waals surface area contributed by atoms with Crippen LogP contribution in [0.4, 0.5) is 5.82 Å². The molecule has 7 nitrogen and oxygen atoms in total. The summed E-state index contributed by atoms with van der Waals surface area (Å²) in [7, 11) is 0. The molecule has 1 amide bonds. The molecule has 0 unspecified atom stereocenters. The Morgan fingerprint density at radius 1 is 1.06 bits per heavy atom. The van der Waals surface area contributed by atoms with Gasteiger partial charge in [0.2, 0.25) is 0 Å². The second-order valence-corrected chi connectivity index (χ2v) is 7.96. The van der Waals surface area contributed by atoms with Crippen molar-refractivity contribution in [1.29, 1.82) is 0 Å². The number of nitrogen functional groups attached to an aromatic ring is 1. The van der Waals surface area contributed by atoms with Crippen molar-refractivity contribution < 1.29 is 9.53 Å². The summed E-state index contributed by atoms with van der Waals surface area (Å²) in [6, 6.07) is 19.8. The summed E-state index contributed by atoms with van der Waals surface area (Å²) < 4.78 is 7.58. The summed E-state index contributed by atoms with van der Waals surface area (Å²) in [6.45, 7) is 5.33. The van der Waals surface area contributed by atoms with E-state index in [0.29, 0.717) is 31.1 Å². The van der Waals surface area contributed by atoms with E-state index in [1.54, 1.807) is 17.1 Å². The number of anilines is 1. The van der Waals surface area contributed by atoms with Crippen molar-refractivity contribution in [3.63, 3.8) is 0 Å². The highest BCUT2D eigenvalue weighted by Gasteiger charge is 2.11. The van der Waals surface area contributed by atoms with Gasteiger partial charge in [0, 0.05) is 18.4 Å². The van der Waals surface area contributed by atoms with Gasteiger partial charge in [0.25, 0.3) is 5.91 Å². The number of carbonyl (C=O) groups is 1. The van der Waals surface area contributed by atoms with Crippen LogP contribution in [0, 0.1) is 13.8 Å². The van der Waals surface area contributed by atoms with Crippen LogP contribution in [0.1, 0.15) is 38.3 Å². The minimum Gasteiger partial charge on any atom is -0.489 e. The quantitative estimate of drug-likeness (QED) is 0.430. The van der Waals surface area contributed by atoms with Gasteiger partial charge in [0.1, 0.15) is 18.2 Å². The number of aromatic nitrogens is 3. The van der Waals surface area contributed by atoms with Crippen LogP contribution >= 0.6 is 0 Å². The first-order valence-corrected chi connectivity index (χ1v) is 10.8. The van der Waals surface area contributed by atoms with E-state index in [0.717, 1.165) is 33.7 Å². The second kappa shape index (κ2) is 9.99. The number of amides is 1. The summed E-state index contributed by atoms with van der Waals surface area (Å²) in [5.41, 5.74) is 11.3. The van der Waals surface area contributed by atoms with Crippen molar-refractivity contribution in [3.05, 3.63) is 107 Å². The van der Waals surface area contributed by atoms with Crippen LogP contribution in [0.25, 0.3) is 0 Å². The Labute approximate surface area is 193 Å². The average molecular weight is 442 g/mol. The molecule has 0 saturated carbocycles. The molecule has 0 spiro atoms. The van der Waals surface area contributed by atoms with Gasteiger partial charge < -0.3 is 15.8 Å². The summed E-state index contributed by atoms with van der Waals surface area (Å²) in [5.74, 6) is 1.12. The molecule has 0 atom stereocenters. The minimum absolute atomic E-state index is 0.179. The van der Waals surface area contributed by atoms with E-state index in [2.05, 4.69) is 15.4 Å². The molecule has 2 heterocycles. The van der Waals surface area contributed by atoms with E-state index >= 15 is 0 Å². The number of aryl methyl sites for hydroxylation is 2. The zero-order valence-electron chi connectivity index (χ0n) is 18.8. The molecule has 0 aliphatic heterocycles. The molecule has 0 aliphatic carbocycles. The van der Waals surface area contributed by atoms with Crippen LogP contribution in [0.2, 0.25) is 0 Å². The molecule has 0 saturated heterocycles. The zero-order valence-corrected chi connectivity index (χ0v) is 18.8. The van der Waals surface area contributed by atoms with E-state index in [1.807, 2.05) is 74.5 Å². The summed E-state index contributed by atoms with van der Waals surface area (Å²) in [5, 5.41) is 7.27. The highest BCUT2D eigenvalue weighted by atomic mass is 16.5. The van der Waals surface area contributed by atoms with E-state index < -0.39 is 0 Å². The Bertz CT molecular complexity index is 1210. The maximum absolute atomic E-state index is 12.6. The van der Waals surface area contributed by atoms with Crippen molar-refractivity contribution >= 4 is 11.7 Å². The van der Waals surface area contributed by atoms with E-state index in [-0.39, 0.29) is 5.91 Å². The zero-order chi connectivity index (χ0) is 23.2. The Balaban J connectivity index is 1.31. The van der Waals surface area contributed by atoms with Gasteiger partial charge >= 0.3 is 0 Å². The smallest absolute Gasteiger partial charge is 0.254 e. The van der Waals surface area contributed by atoms with Crippen LogP contribution in [-0.4, -0.2) is 20.7 Å². The van der Waals surface area contributed by atoms with Gasteiger partial charge in [-0.25, -0.2) is 4.98 Å². The highest BCUT2D eigenvalue weighted by molar-refractivity contribution is 5.93. The van der Waals surface area contributed by atoms with Gasteiger partial charge in [-0.2, -0.15) is 5.10 Å². The first kappa shape index (κ1) is 22.1. The lowest BCUT2D eigenvalue weighted by Gasteiger charge is -2.11. The number of nitrogens with zero attached hydrogens (tertiary/aromatic N) is 3. The molecule has 7 heteroatoms. The predicted octanol–water partition coefficient (Wildman–Crippen LogP) is 4.03. The van der Waals surface area contributed by atoms with Crippen molar-refractivity contribution in [2.75, 3.05) is 5.73 Å². The van der Waals surface area contributed by atoms with Crippen LogP contribution in [0.3, 0.4) is 0 Å². The predicted molar refractivity (Wildman–Crippen MR) is 128 cm³/mol. The SMILES string of the molecule is Cc1cc(N)nc(C)c1CNC(=O)c1cnn(Cc2ccc(OCc3ccccc3)cc2)c1. The number of hydrogen-bond acceptors (Lipinski definition) is 5. The summed E-state index contributed by atoms with van der Waals surface area (Å²) in [6.07, 6.45) is 3.32. The third kappa shape index (κ3) is 5.77. The lowest BCUT2D eigenvalue weighted by Crippen LogP contribution is -2.23. The van der Waals surface area contributed by atoms with Crippen LogP contribution < -0.4 is 15.8 Å². The van der Waals surface area contributed by atoms with Gasteiger partial charge in [-0.1, -0.05) is 42.5 Å². The fourth-order valence-electron chi connectivity index (χ4n) is 3.61. The number of ether oxygens (including phenoxy) is 1. The summed E-state index contributed by atoms with van der Waals surface area (Å²) in [4.78, 5) is 16.9. The lowest BCUT2D eigenvalue weighted by molar-refractivity contribution is 0.0950. The van der Waals surface area contributed by atoms with Gasteiger partial charge in [-0.05, 0) is 54.3 Å². The van der Waals surface area contributed by atoms with Gasteiger partial charge in [-0.3, -0.25) is 9.48 Å². The van der Waals surface area contributed by atoms with E-state index in [9.17, 15) is 4.79 Å². The fourth-order valence-corrected chi connectivity index (χ4v) is 3.61. The maximum Gasteiger partial charge on any atom is 0.254 e. The largest absolute Gasteiger partial charge is 0.489 e. The van der Waals surface area contributed by atoms with Crippen molar-refractivity contribution in [3.8, 4) is 5.75 Å². The monoisotopic (exact) mass is 441 g/mol. The van der Waals surface area contributed by atoms with Gasteiger partial charge in [0.05, 0.1) is 18.3 Å². The third-order valence-electron chi connectivity index (χ3n) is 5.41. The molecular weight excluding hydrogens is 414 g/mol. The van der Waals surface area contributed by atoms with E-state index in [1.165, 1.54) is 0 Å². The number of carbonyl (C=O) groups excluding carboxylic acids is 1. The second-order valence-electron chi connectivity index (χ2n) is 7.96. The third-order valence-corrected chi connectivity index (χ3v) is 5.41. The van der Waals surface area contributed by atoms with Gasteiger partial charge in [-0.15, -0.1) is 0 Å². The molecule has 0 radical (unpaired) electrons. The molecule has 0 bridgehead atoms. The lowest BCUT2D eigenvalue weighted by atomic mass is 10.1. The Kier molecular flexibility index (Phi) is 6.69. The first-order chi connectivity index (χ1) is 16.0. The molecule has 4 rings (SSSR count).